The third-order valence-electron chi connectivity index (χ3n) is 7.81. The van der Waals surface area contributed by atoms with Crippen LogP contribution >= 0.6 is 0 Å². The van der Waals surface area contributed by atoms with Gasteiger partial charge in [0.15, 0.2) is 11.4 Å². The maximum atomic E-state index is 13.4. The van der Waals surface area contributed by atoms with E-state index in [4.69, 9.17) is 18.9 Å². The van der Waals surface area contributed by atoms with Crippen molar-refractivity contribution in [2.45, 2.75) is 32.8 Å². The molecule has 6 nitrogen and oxygen atoms in total. The zero-order valence-corrected chi connectivity index (χ0v) is 25.5. The molecule has 0 saturated heterocycles. The quantitative estimate of drug-likeness (QED) is 0.125. The van der Waals surface area contributed by atoms with Crippen molar-refractivity contribution in [1.82, 2.24) is 0 Å². The van der Waals surface area contributed by atoms with E-state index in [0.717, 1.165) is 34.4 Å². The lowest BCUT2D eigenvalue weighted by Gasteiger charge is -2.37. The fourth-order valence-corrected chi connectivity index (χ4v) is 5.75. The number of hydrogen-bond acceptors (Lipinski definition) is 6. The van der Waals surface area contributed by atoms with Gasteiger partial charge in [0.1, 0.15) is 17.1 Å². The molecule has 0 saturated carbocycles. The highest BCUT2D eigenvalue weighted by molar-refractivity contribution is 6.09. The summed E-state index contributed by atoms with van der Waals surface area (Å²) in [4.78, 5) is 25.7. The van der Waals surface area contributed by atoms with Crippen LogP contribution in [0.3, 0.4) is 0 Å². The first-order valence-corrected chi connectivity index (χ1v) is 15.2. The zero-order chi connectivity index (χ0) is 31.4. The molecule has 0 N–H and O–H groups in total. The third kappa shape index (κ3) is 5.67. The highest BCUT2D eigenvalue weighted by Gasteiger charge is 2.40. The Bertz CT molecular complexity index is 1870. The summed E-state index contributed by atoms with van der Waals surface area (Å²) in [7, 11) is 0. The standard InChI is InChI=1S/C39H34O6/c1-4-25-43-31-21-19-30(20-22-31)39(29-17-15-28(16-18-29)27-11-7-6-8-12-27)24-23-34-35(38(41)42-5-2)37(44-26(3)40)33-14-10-9-13-32(33)36(34)45-39/h6-24H,4-5,25H2,1-3H3. The smallest absolute Gasteiger partial charge is 0.342 e. The molecule has 5 aromatic rings. The fourth-order valence-electron chi connectivity index (χ4n) is 5.75. The summed E-state index contributed by atoms with van der Waals surface area (Å²) in [5.74, 6) is 0.286. The number of fused-ring (bicyclic) bond motifs is 3. The molecule has 6 heteroatoms. The van der Waals surface area contributed by atoms with Crippen LogP contribution < -0.4 is 14.2 Å². The van der Waals surface area contributed by atoms with Gasteiger partial charge in [0.05, 0.1) is 13.2 Å². The van der Waals surface area contributed by atoms with Gasteiger partial charge in [-0.2, -0.15) is 0 Å². The molecule has 0 bridgehead atoms. The van der Waals surface area contributed by atoms with Crippen LogP contribution in [-0.2, 0) is 15.1 Å². The van der Waals surface area contributed by atoms with Gasteiger partial charge in [-0.3, -0.25) is 4.79 Å². The summed E-state index contributed by atoms with van der Waals surface area (Å²) >= 11 is 0. The van der Waals surface area contributed by atoms with Gasteiger partial charge in [0.25, 0.3) is 0 Å². The molecular formula is C39H34O6. The third-order valence-corrected chi connectivity index (χ3v) is 7.81. The predicted molar refractivity (Wildman–Crippen MR) is 176 cm³/mol. The van der Waals surface area contributed by atoms with Crippen LogP contribution in [-0.4, -0.2) is 25.2 Å². The molecule has 0 aliphatic carbocycles. The largest absolute Gasteiger partial charge is 0.494 e. The molecule has 6 rings (SSSR count). The summed E-state index contributed by atoms with van der Waals surface area (Å²) in [5, 5.41) is 1.27. The van der Waals surface area contributed by atoms with Crippen LogP contribution in [0.25, 0.3) is 28.0 Å². The average Bonchev–Trinajstić information content (AvgIpc) is 3.08. The Morgan fingerprint density at radius 1 is 0.756 bits per heavy atom. The van der Waals surface area contributed by atoms with Crippen molar-refractivity contribution < 1.29 is 28.5 Å². The van der Waals surface area contributed by atoms with E-state index in [1.807, 2.05) is 78.9 Å². The minimum atomic E-state index is -1.05. The van der Waals surface area contributed by atoms with Gasteiger partial charge in [-0.25, -0.2) is 4.79 Å². The number of carbonyl (C=O) groups excluding carboxylic acids is 2. The van der Waals surface area contributed by atoms with Crippen molar-refractivity contribution in [2.24, 2.45) is 0 Å². The van der Waals surface area contributed by atoms with Gasteiger partial charge in [-0.05, 0) is 48.8 Å². The molecule has 0 aromatic heterocycles. The summed E-state index contributed by atoms with van der Waals surface area (Å²) in [6.45, 7) is 5.91. The first kappa shape index (κ1) is 29.7. The minimum Gasteiger partial charge on any atom is -0.494 e. The zero-order valence-electron chi connectivity index (χ0n) is 25.5. The number of benzene rings is 5. The van der Waals surface area contributed by atoms with E-state index in [1.165, 1.54) is 6.92 Å². The van der Waals surface area contributed by atoms with Gasteiger partial charge >= 0.3 is 11.9 Å². The summed E-state index contributed by atoms with van der Waals surface area (Å²) in [6.07, 6.45) is 4.73. The number of ether oxygens (including phenoxy) is 4. The van der Waals surface area contributed by atoms with Gasteiger partial charge in [0.2, 0.25) is 0 Å². The van der Waals surface area contributed by atoms with Crippen LogP contribution in [0.4, 0.5) is 0 Å². The molecule has 1 aliphatic heterocycles. The van der Waals surface area contributed by atoms with Gasteiger partial charge in [0, 0.05) is 34.4 Å². The average molecular weight is 599 g/mol. The van der Waals surface area contributed by atoms with Crippen molar-refractivity contribution in [3.05, 3.63) is 131 Å². The first-order valence-electron chi connectivity index (χ1n) is 15.2. The van der Waals surface area contributed by atoms with Crippen molar-refractivity contribution >= 4 is 28.8 Å². The highest BCUT2D eigenvalue weighted by atomic mass is 16.5. The maximum absolute atomic E-state index is 13.4. The van der Waals surface area contributed by atoms with E-state index < -0.39 is 17.5 Å². The Hall–Kier alpha value is -5.36. The second kappa shape index (κ2) is 12.7. The van der Waals surface area contributed by atoms with Gasteiger partial charge < -0.3 is 18.9 Å². The van der Waals surface area contributed by atoms with E-state index in [9.17, 15) is 9.59 Å². The van der Waals surface area contributed by atoms with Crippen molar-refractivity contribution in [3.63, 3.8) is 0 Å². The molecule has 45 heavy (non-hydrogen) atoms. The topological polar surface area (TPSA) is 71.1 Å². The number of esters is 2. The molecule has 1 aliphatic rings. The maximum Gasteiger partial charge on any atom is 0.342 e. The van der Waals surface area contributed by atoms with E-state index in [2.05, 4.69) is 43.3 Å². The van der Waals surface area contributed by atoms with E-state index in [-0.39, 0.29) is 17.9 Å². The highest BCUT2D eigenvalue weighted by Crippen LogP contribution is 2.50. The molecular weight excluding hydrogens is 564 g/mol. The van der Waals surface area contributed by atoms with Crippen LogP contribution in [0.2, 0.25) is 0 Å². The van der Waals surface area contributed by atoms with E-state index in [1.54, 1.807) is 6.92 Å². The van der Waals surface area contributed by atoms with Crippen molar-refractivity contribution in [2.75, 3.05) is 13.2 Å². The predicted octanol–water partition coefficient (Wildman–Crippen LogP) is 8.75. The Morgan fingerprint density at radius 3 is 2.02 bits per heavy atom. The Labute approximate surface area is 262 Å². The van der Waals surface area contributed by atoms with E-state index in [0.29, 0.717) is 28.7 Å². The monoisotopic (exact) mass is 598 g/mol. The van der Waals surface area contributed by atoms with Crippen LogP contribution in [0.5, 0.6) is 17.2 Å². The van der Waals surface area contributed by atoms with Gasteiger partial charge in [-0.1, -0.05) is 97.9 Å². The molecule has 0 radical (unpaired) electrons. The normalized spacial score (nSPS) is 15.2. The van der Waals surface area contributed by atoms with Crippen LogP contribution in [0.15, 0.2) is 109 Å². The minimum absolute atomic E-state index is 0.147. The lowest BCUT2D eigenvalue weighted by Crippen LogP contribution is -2.35. The molecule has 1 unspecified atom stereocenters. The van der Waals surface area contributed by atoms with Crippen LogP contribution in [0, 0.1) is 0 Å². The molecule has 0 amide bonds. The van der Waals surface area contributed by atoms with Crippen molar-refractivity contribution in [1.29, 1.82) is 0 Å². The van der Waals surface area contributed by atoms with Gasteiger partial charge in [-0.15, -0.1) is 0 Å². The summed E-state index contributed by atoms with van der Waals surface area (Å²) in [5.41, 5.74) is 3.56. The molecule has 0 fully saturated rings. The van der Waals surface area contributed by atoms with Crippen LogP contribution in [0.1, 0.15) is 54.2 Å². The molecule has 1 heterocycles. The lowest BCUT2D eigenvalue weighted by molar-refractivity contribution is -0.131. The molecule has 226 valence electrons. The first-order chi connectivity index (χ1) is 21.9. The second-order valence-electron chi connectivity index (χ2n) is 10.8. The second-order valence-corrected chi connectivity index (χ2v) is 10.8. The Balaban J connectivity index is 1.57. The Morgan fingerprint density at radius 2 is 1.38 bits per heavy atom. The lowest BCUT2D eigenvalue weighted by atomic mass is 9.82. The van der Waals surface area contributed by atoms with Crippen molar-refractivity contribution in [3.8, 4) is 28.4 Å². The SMILES string of the molecule is CCCOc1ccc(C2(c3ccc(-c4ccccc4)cc3)C=Cc3c(C(=O)OCC)c(OC(C)=O)c4ccccc4c3O2)cc1. The number of carbonyl (C=O) groups is 2. The summed E-state index contributed by atoms with van der Waals surface area (Å²) < 4.78 is 24.1. The number of hydrogen-bond donors (Lipinski definition) is 0. The Kier molecular flexibility index (Phi) is 8.39. The fraction of sp³-hybridized carbons (Fsp3) is 0.179. The molecule has 5 aromatic carbocycles. The molecule has 0 spiro atoms. The molecule has 1 atom stereocenters. The summed E-state index contributed by atoms with van der Waals surface area (Å²) in [6, 6.07) is 33.9. The number of rotatable bonds is 9. The van der Waals surface area contributed by atoms with E-state index >= 15 is 0 Å².